The number of rotatable bonds is 8. The maximum atomic E-state index is 13.9. The van der Waals surface area contributed by atoms with Crippen molar-refractivity contribution in [3.63, 3.8) is 0 Å². The summed E-state index contributed by atoms with van der Waals surface area (Å²) in [6.07, 6.45) is -5.82. The molecule has 1 heterocycles. The van der Waals surface area contributed by atoms with Crippen LogP contribution in [0.15, 0.2) is 77.6 Å². The summed E-state index contributed by atoms with van der Waals surface area (Å²) in [6.45, 7) is 3.72. The van der Waals surface area contributed by atoms with Crippen LogP contribution in [0.1, 0.15) is 50.0 Å². The third-order valence-corrected chi connectivity index (χ3v) is 6.59. The number of hydrogen-bond acceptors (Lipinski definition) is 5. The number of carbonyl (C=O) groups excluding carboxylic acids is 1. The van der Waals surface area contributed by atoms with E-state index in [1.54, 1.807) is 24.3 Å². The van der Waals surface area contributed by atoms with Gasteiger partial charge in [-0.2, -0.15) is 18.4 Å². The second-order valence-electron chi connectivity index (χ2n) is 9.45. The number of nitriles is 1. The normalized spacial score (nSPS) is 12.0. The minimum Gasteiger partial charge on any atom is -0.461 e. The molecule has 7 nitrogen and oxygen atoms in total. The number of alkyl halides is 3. The molecule has 1 unspecified atom stereocenters. The second kappa shape index (κ2) is 11.7. The fourth-order valence-corrected chi connectivity index (χ4v) is 4.49. The topological polar surface area (TPSA) is 107 Å². The number of nitrogens with zero attached hydrogens (tertiary/aromatic N) is 2. The third kappa shape index (κ3) is 6.31. The van der Waals surface area contributed by atoms with E-state index in [9.17, 15) is 28.0 Å². The highest BCUT2D eigenvalue weighted by molar-refractivity contribution is 5.92. The summed E-state index contributed by atoms with van der Waals surface area (Å²) in [7, 11) is 1.41. The van der Waals surface area contributed by atoms with Crippen LogP contribution in [0.3, 0.4) is 0 Å². The van der Waals surface area contributed by atoms with Crippen molar-refractivity contribution in [2.45, 2.75) is 32.9 Å². The SMILES string of the molecule is COC(Oc1ccc(-c2cc(C(F)(F)F)c(C#N)c(=O)n2Cc2ccc(C)cc2C)cc1)c1cccc(C(N)=O)c1. The Morgan fingerprint density at radius 2 is 1.76 bits per heavy atom. The minimum absolute atomic E-state index is 0.00898. The molecule has 0 radical (unpaired) electrons. The van der Waals surface area contributed by atoms with E-state index < -0.39 is 35.1 Å². The van der Waals surface area contributed by atoms with E-state index >= 15 is 0 Å². The monoisotopic (exact) mass is 561 g/mol. The van der Waals surface area contributed by atoms with Crippen LogP contribution in [0.4, 0.5) is 13.2 Å². The van der Waals surface area contributed by atoms with Gasteiger partial charge in [0.25, 0.3) is 5.56 Å². The number of methoxy groups -OCH3 is 1. The first-order valence-electron chi connectivity index (χ1n) is 12.4. The molecule has 0 aliphatic rings. The summed E-state index contributed by atoms with van der Waals surface area (Å²) in [4.78, 5) is 24.8. The van der Waals surface area contributed by atoms with Crippen LogP contribution in [0, 0.1) is 25.2 Å². The van der Waals surface area contributed by atoms with Crippen LogP contribution in [-0.2, 0) is 17.5 Å². The van der Waals surface area contributed by atoms with Gasteiger partial charge in [0.15, 0.2) is 0 Å². The number of benzene rings is 3. The minimum atomic E-state index is -4.91. The lowest BCUT2D eigenvalue weighted by atomic mass is 10.0. The van der Waals surface area contributed by atoms with Gasteiger partial charge in [-0.1, -0.05) is 35.9 Å². The predicted octanol–water partition coefficient (Wildman–Crippen LogP) is 5.89. The number of aromatic nitrogens is 1. The molecule has 0 aliphatic heterocycles. The van der Waals surface area contributed by atoms with Gasteiger partial charge in [-0.15, -0.1) is 0 Å². The Bertz CT molecular complexity index is 1700. The quantitative estimate of drug-likeness (QED) is 0.270. The van der Waals surface area contributed by atoms with E-state index in [0.29, 0.717) is 16.9 Å². The van der Waals surface area contributed by atoms with Gasteiger partial charge in [-0.05, 0) is 73.0 Å². The van der Waals surface area contributed by atoms with Crippen molar-refractivity contribution >= 4 is 5.91 Å². The zero-order valence-corrected chi connectivity index (χ0v) is 22.5. The lowest BCUT2D eigenvalue weighted by Gasteiger charge is -2.20. The fourth-order valence-electron chi connectivity index (χ4n) is 4.49. The van der Waals surface area contributed by atoms with E-state index in [1.165, 1.54) is 48.1 Å². The summed E-state index contributed by atoms with van der Waals surface area (Å²) >= 11 is 0. The van der Waals surface area contributed by atoms with Gasteiger partial charge in [0, 0.05) is 18.2 Å². The largest absolute Gasteiger partial charge is 0.461 e. The zero-order valence-electron chi connectivity index (χ0n) is 22.5. The van der Waals surface area contributed by atoms with E-state index in [-0.39, 0.29) is 17.8 Å². The van der Waals surface area contributed by atoms with Crippen molar-refractivity contribution in [3.05, 3.63) is 122 Å². The Labute approximate surface area is 234 Å². The molecule has 0 saturated heterocycles. The number of primary amides is 1. The molecule has 0 bridgehead atoms. The first-order valence-corrected chi connectivity index (χ1v) is 12.4. The highest BCUT2D eigenvalue weighted by Crippen LogP contribution is 2.34. The van der Waals surface area contributed by atoms with Gasteiger partial charge >= 0.3 is 6.18 Å². The van der Waals surface area contributed by atoms with Gasteiger partial charge in [0.2, 0.25) is 12.2 Å². The molecular formula is C31H26F3N3O4. The molecular weight excluding hydrogens is 535 g/mol. The van der Waals surface area contributed by atoms with Crippen LogP contribution in [-0.4, -0.2) is 17.6 Å². The molecule has 0 spiro atoms. The van der Waals surface area contributed by atoms with E-state index in [2.05, 4.69) is 0 Å². The number of nitrogens with two attached hydrogens (primary N) is 1. The molecule has 4 rings (SSSR count). The Morgan fingerprint density at radius 1 is 1.05 bits per heavy atom. The number of ether oxygens (including phenoxy) is 2. The van der Waals surface area contributed by atoms with Crippen molar-refractivity contribution in [1.29, 1.82) is 5.26 Å². The standard InChI is InChI=1S/C31H26F3N3O4/c1-18-7-8-23(19(2)13-18)17-37-27(15-26(31(32,33)34)25(16-35)29(37)39)20-9-11-24(12-10-20)41-30(40-3)22-6-4-5-21(14-22)28(36)38/h4-15,30H,17H2,1-3H3,(H2,36,38). The Balaban J connectivity index is 1.77. The van der Waals surface area contributed by atoms with Gasteiger partial charge in [-0.3, -0.25) is 9.59 Å². The third-order valence-electron chi connectivity index (χ3n) is 6.59. The maximum Gasteiger partial charge on any atom is 0.417 e. The average Bonchev–Trinajstić information content (AvgIpc) is 2.93. The highest BCUT2D eigenvalue weighted by atomic mass is 19.4. The summed E-state index contributed by atoms with van der Waals surface area (Å²) < 4.78 is 54.2. The summed E-state index contributed by atoms with van der Waals surface area (Å²) in [6, 6.07) is 20.3. The van der Waals surface area contributed by atoms with Crippen LogP contribution >= 0.6 is 0 Å². The number of aryl methyl sites for hydroxylation is 2. The van der Waals surface area contributed by atoms with Gasteiger partial charge in [0.1, 0.15) is 17.4 Å². The number of hydrogen-bond donors (Lipinski definition) is 1. The number of pyridine rings is 1. The molecule has 0 saturated carbocycles. The lowest BCUT2D eigenvalue weighted by Crippen LogP contribution is -2.29. The molecule has 2 N–H and O–H groups in total. The molecule has 0 fully saturated rings. The van der Waals surface area contributed by atoms with E-state index in [1.807, 2.05) is 26.0 Å². The highest BCUT2D eigenvalue weighted by Gasteiger charge is 2.36. The van der Waals surface area contributed by atoms with Crippen molar-refractivity contribution in [1.82, 2.24) is 4.57 Å². The van der Waals surface area contributed by atoms with Crippen LogP contribution < -0.4 is 16.0 Å². The summed E-state index contributed by atoms with van der Waals surface area (Å²) in [5, 5.41) is 9.47. The Hall–Kier alpha value is -4.88. The molecule has 3 aromatic carbocycles. The number of carbonyl (C=O) groups is 1. The van der Waals surface area contributed by atoms with E-state index in [0.717, 1.165) is 22.8 Å². The molecule has 210 valence electrons. The molecule has 41 heavy (non-hydrogen) atoms. The summed E-state index contributed by atoms with van der Waals surface area (Å²) in [5.74, 6) is -0.295. The van der Waals surface area contributed by atoms with Crippen LogP contribution in [0.25, 0.3) is 11.3 Å². The van der Waals surface area contributed by atoms with Crippen LogP contribution in [0.5, 0.6) is 5.75 Å². The van der Waals surface area contributed by atoms with E-state index in [4.69, 9.17) is 15.2 Å². The van der Waals surface area contributed by atoms with Gasteiger partial charge in [0.05, 0.1) is 17.8 Å². The molecule has 1 atom stereocenters. The lowest BCUT2D eigenvalue weighted by molar-refractivity contribution is -0.137. The van der Waals surface area contributed by atoms with Crippen molar-refractivity contribution in [3.8, 4) is 23.1 Å². The second-order valence-corrected chi connectivity index (χ2v) is 9.45. The maximum absolute atomic E-state index is 13.9. The molecule has 10 heteroatoms. The molecule has 4 aromatic rings. The first-order chi connectivity index (χ1) is 19.4. The fraction of sp³-hybridized carbons (Fsp3) is 0.194. The zero-order chi connectivity index (χ0) is 29.9. The molecule has 1 aromatic heterocycles. The predicted molar refractivity (Wildman–Crippen MR) is 146 cm³/mol. The Morgan fingerprint density at radius 3 is 2.34 bits per heavy atom. The Kier molecular flexibility index (Phi) is 8.31. The smallest absolute Gasteiger partial charge is 0.417 e. The van der Waals surface area contributed by atoms with Gasteiger partial charge < -0.3 is 19.8 Å². The number of halogens is 3. The van der Waals surface area contributed by atoms with Gasteiger partial charge in [-0.25, -0.2) is 0 Å². The number of amides is 1. The van der Waals surface area contributed by atoms with Crippen LogP contribution in [0.2, 0.25) is 0 Å². The first kappa shape index (κ1) is 29.1. The molecule has 0 aliphatic carbocycles. The van der Waals surface area contributed by atoms with Crippen molar-refractivity contribution in [2.24, 2.45) is 5.73 Å². The molecule has 1 amide bonds. The average molecular weight is 562 g/mol. The van der Waals surface area contributed by atoms with Crippen molar-refractivity contribution in [2.75, 3.05) is 7.11 Å². The summed E-state index contributed by atoms with van der Waals surface area (Å²) in [5.41, 5.74) is 5.73. The van der Waals surface area contributed by atoms with Crippen molar-refractivity contribution < 1.29 is 27.4 Å².